The molecular weight excluding hydrogens is 1530 g/mol. The van der Waals surface area contributed by atoms with E-state index in [9.17, 15) is 14.4 Å². The number of carbonyl (C=O) groups is 3. The second-order valence-electron chi connectivity index (χ2n) is 30.0. The molecule has 0 atom stereocenters. The zero-order valence-corrected chi connectivity index (χ0v) is 69.3. The van der Waals surface area contributed by atoms with Gasteiger partial charge in [0.05, 0.1) is 55.5 Å². The Morgan fingerprint density at radius 2 is 0.742 bits per heavy atom. The van der Waals surface area contributed by atoms with Crippen molar-refractivity contribution < 1.29 is 78.4 Å². The number of methoxy groups -OCH3 is 3. The first-order valence-electron chi connectivity index (χ1n) is 53.9. The highest BCUT2D eigenvalue weighted by atomic mass is 16.5. The molecule has 9 saturated heterocycles. The zero-order chi connectivity index (χ0) is 107. The van der Waals surface area contributed by atoms with Crippen molar-refractivity contribution in [1.29, 1.82) is 0 Å². The maximum atomic E-state index is 12.5. The van der Waals surface area contributed by atoms with Crippen molar-refractivity contribution in [2.24, 2.45) is 17.2 Å². The highest BCUT2D eigenvalue weighted by Crippen LogP contribution is 2.40. The molecule has 654 valence electrons. The molecule has 12 N–H and O–H groups in total. The summed E-state index contributed by atoms with van der Waals surface area (Å²) in [6.45, 7) is -5.82. The third kappa shape index (κ3) is 23.0. The summed E-state index contributed by atoms with van der Waals surface area (Å²) in [5.41, 5.74) is 20.0. The van der Waals surface area contributed by atoms with Crippen molar-refractivity contribution in [3.63, 3.8) is 0 Å². The van der Waals surface area contributed by atoms with Crippen molar-refractivity contribution in [3.8, 4) is 17.2 Å². The minimum atomic E-state index is -2.81. The fourth-order valence-electron chi connectivity index (χ4n) is 15.3. The first-order chi connectivity index (χ1) is 68.1. The molecule has 3 aromatic heterocycles. The molecule has 15 rings (SSSR count). The van der Waals surface area contributed by atoms with Crippen LogP contribution >= 0.6 is 0 Å². The monoisotopic (exact) mass is 1680 g/mol. The fourth-order valence-corrected chi connectivity index (χ4v) is 15.3. The minimum Gasteiger partial charge on any atom is -0.495 e. The number of nitrogens with one attached hydrogen (secondary N) is 6. The predicted molar refractivity (Wildman–Crippen MR) is 474 cm³/mol. The number of hydrogen-bond acceptors (Lipinski definition) is 30. The third-order valence-electron chi connectivity index (χ3n) is 22.1. The van der Waals surface area contributed by atoms with Gasteiger partial charge in [-0.15, -0.1) is 0 Å². The van der Waals surface area contributed by atoms with Crippen LogP contribution in [-0.4, -0.2) is 313 Å². The first kappa shape index (κ1) is 60.1. The molecule has 120 heavy (non-hydrogen) atoms. The summed E-state index contributed by atoms with van der Waals surface area (Å²) in [5.74, 6) is -0.343. The van der Waals surface area contributed by atoms with Gasteiger partial charge in [0.25, 0.3) is 17.7 Å². The third-order valence-corrected chi connectivity index (χ3v) is 22.1. The van der Waals surface area contributed by atoms with E-state index in [0.29, 0.717) is 147 Å². The summed E-state index contributed by atoms with van der Waals surface area (Å²) in [4.78, 5) is 77.0. The SMILES string of the molecule is [2H]C([2H])(C)c1nc(C(N)=O)c(Nc2ccc(N3CC([2H])([2H])C(N4CCN(C([2H])([2H])[2H])CC4)C([2H])([2H])C3)c(OC)c2)nc1NC1CCOCC1.[2H]C([2H])(C)c1nc(C(N)=O)c(Nc2ccc(N3CC([2H])([2H])C(N4CCN(C([2H])([2H])[2H])CC4)C([2H])([2H])C3)c(OC)c2)nc1NC1CCOCC1.[2H]C1([2H])N(C)C([2H])([2H])C([2H])([2H])N(C2CCN(c3ccc(Nc4nc(NC5CCOCC5)c(CC)nc4C(N)=O)cc3OC)CC2)C1([2H])[2H]. The zero-order valence-electron chi connectivity index (χ0n) is 95.3. The molecule has 3 amide bonds. The molecule has 0 unspecified atom stereocenters. The Kier molecular flexibility index (Phi) is 21.5. The average molecular weight is 1680 g/mol. The summed E-state index contributed by atoms with van der Waals surface area (Å²) < 4.78 is 252. The van der Waals surface area contributed by atoms with E-state index in [1.807, 2.05) is 17.9 Å². The number of ether oxygens (including phenoxy) is 6. The first-order valence-corrected chi connectivity index (χ1v) is 40.9. The van der Waals surface area contributed by atoms with Gasteiger partial charge in [-0.1, -0.05) is 20.8 Å². The maximum Gasteiger partial charge on any atom is 0.271 e. The van der Waals surface area contributed by atoms with Gasteiger partial charge in [-0.3, -0.25) is 29.1 Å². The average Bonchev–Trinajstić information content (AvgIpc) is 0.688. The van der Waals surface area contributed by atoms with Crippen LogP contribution < -0.4 is 78.0 Å². The van der Waals surface area contributed by atoms with Crippen molar-refractivity contribution in [1.82, 2.24) is 59.3 Å². The number of nitrogens with two attached hydrogens (primary N) is 3. The van der Waals surface area contributed by atoms with Crippen LogP contribution in [0.1, 0.15) is 182 Å². The Morgan fingerprint density at radius 3 is 1.05 bits per heavy atom. The molecule has 3 aromatic carbocycles. The molecule has 0 aliphatic carbocycles. The normalized spacial score (nSPS) is 26.9. The van der Waals surface area contributed by atoms with E-state index in [2.05, 4.69) is 56.8 Å². The quantitative estimate of drug-likeness (QED) is 0.0235. The Morgan fingerprint density at radius 1 is 0.417 bits per heavy atom. The fraction of sp³-hybridized carbons (Fsp3) is 0.621. The van der Waals surface area contributed by atoms with E-state index < -0.39 is 114 Å². The van der Waals surface area contributed by atoms with Gasteiger partial charge in [-0.25, -0.2) is 29.9 Å². The number of carbonyl (C=O) groups excluding carboxylic acids is 3. The van der Waals surface area contributed by atoms with Gasteiger partial charge in [0.15, 0.2) is 52.0 Å². The molecule has 12 heterocycles. The number of piperazine rings is 3. The number of aromatic nitrogens is 6. The van der Waals surface area contributed by atoms with Crippen LogP contribution in [0, 0.1) is 0 Å². The van der Waals surface area contributed by atoms with Gasteiger partial charge in [0.1, 0.15) is 17.2 Å². The van der Waals surface area contributed by atoms with Gasteiger partial charge in [-0.2, -0.15) is 0 Å². The van der Waals surface area contributed by atoms with E-state index in [-0.39, 0.29) is 167 Å². The van der Waals surface area contributed by atoms with Crippen molar-refractivity contribution in [2.75, 3.05) is 246 Å². The molecule has 0 bridgehead atoms. The molecular formula is C87H132N24O9. The van der Waals surface area contributed by atoms with Crippen LogP contribution in [0.3, 0.4) is 0 Å². The van der Waals surface area contributed by atoms with E-state index in [0.717, 1.165) is 30.5 Å². The number of benzene rings is 3. The number of primary amides is 3. The highest BCUT2D eigenvalue weighted by Gasteiger charge is 2.34. The predicted octanol–water partition coefficient (Wildman–Crippen LogP) is 8.09. The largest absolute Gasteiger partial charge is 0.495 e. The number of anilines is 12. The van der Waals surface area contributed by atoms with E-state index in [1.54, 1.807) is 68.1 Å². The van der Waals surface area contributed by atoms with E-state index >= 15 is 0 Å². The Hall–Kier alpha value is -9.45. The molecule has 6 aromatic rings. The Balaban J connectivity index is 0.000000183. The summed E-state index contributed by atoms with van der Waals surface area (Å²) in [6, 6.07) is 12.3. The molecule has 0 spiro atoms. The van der Waals surface area contributed by atoms with E-state index in [1.165, 1.54) is 45.0 Å². The summed E-state index contributed by atoms with van der Waals surface area (Å²) in [5, 5.41) is 19.2. The van der Waals surface area contributed by atoms with Crippen LogP contribution in [0.4, 0.5) is 69.0 Å². The number of aryl methyl sites for hydroxylation is 3. The number of piperidine rings is 3. The molecule has 9 aliphatic rings. The molecule has 9 aliphatic heterocycles. The Bertz CT molecular complexity index is 5300. The lowest BCUT2D eigenvalue weighted by Gasteiger charge is -2.42. The summed E-state index contributed by atoms with van der Waals surface area (Å²) in [7, 11) is 5.45. The van der Waals surface area contributed by atoms with Crippen molar-refractivity contribution >= 4 is 86.8 Å². The number of hydrogen-bond donors (Lipinski definition) is 9. The summed E-state index contributed by atoms with van der Waals surface area (Å²) >= 11 is 0. The lowest BCUT2D eigenvalue weighted by atomic mass is 10.0. The van der Waals surface area contributed by atoms with Gasteiger partial charge in [-0.05, 0) is 153 Å². The van der Waals surface area contributed by atoms with Crippen LogP contribution in [0.25, 0.3) is 0 Å². The molecule has 33 heteroatoms. The van der Waals surface area contributed by atoms with Gasteiger partial charge < -0.3 is 107 Å². The number of likely N-dealkylation sites (N-methyl/N-ethyl adjacent to an activating group) is 3. The Labute approximate surface area is 745 Å². The molecule has 0 saturated carbocycles. The van der Waals surface area contributed by atoms with Crippen LogP contribution in [-0.2, 0) is 33.4 Å². The smallest absolute Gasteiger partial charge is 0.271 e. The van der Waals surface area contributed by atoms with Crippen LogP contribution in [0.2, 0.25) is 0 Å². The van der Waals surface area contributed by atoms with Crippen LogP contribution in [0.5, 0.6) is 17.2 Å². The highest BCUT2D eigenvalue weighted by molar-refractivity contribution is 5.98. The molecule has 33 nitrogen and oxygen atoms in total. The molecule has 9 fully saturated rings. The van der Waals surface area contributed by atoms with Gasteiger partial charge in [0.2, 0.25) is 0 Å². The number of amides is 3. The topological polar surface area (TPSA) is 363 Å². The number of nitrogens with zero attached hydrogens (tertiary/aromatic N) is 15. The lowest BCUT2D eigenvalue weighted by molar-refractivity contribution is 0.0902. The lowest BCUT2D eigenvalue weighted by Crippen LogP contribution is -2.52. The second-order valence-corrected chi connectivity index (χ2v) is 30.0. The standard InChI is InChI=1S/3C29H44N8O3/c3*1-4-23-28(31-20-9-17-40-18-10-20)34-29(26(33-23)27(30)38)32-21-5-6-24(25(19-21)39-3)37-11-7-22(8-12-37)36-15-13-35(2)14-16-36/h3*5-6,19-20,22H,4,7-18H2,1-3H3,(H2,30,38)(H2,31,32,34)/i13D2,14D2,15D2,16D2;2*2D3,4D2,7D2,8D2. The number of rotatable bonds is 27. The minimum absolute atomic E-state index is 0.00284. The second kappa shape index (κ2) is 42.9. The summed E-state index contributed by atoms with van der Waals surface area (Å²) in [6.07, 6.45) is -6.47. The van der Waals surface area contributed by atoms with Crippen molar-refractivity contribution in [2.45, 2.75) is 153 Å². The van der Waals surface area contributed by atoms with Gasteiger partial charge in [0, 0.05) is 264 Å². The maximum absolute atomic E-state index is 12.5. The van der Waals surface area contributed by atoms with Crippen molar-refractivity contribution in [3.05, 3.63) is 88.8 Å². The van der Waals surface area contributed by atoms with Gasteiger partial charge >= 0.3 is 0 Å². The van der Waals surface area contributed by atoms with Crippen LogP contribution in [0.15, 0.2) is 54.6 Å². The molecule has 0 radical (unpaired) electrons. The van der Waals surface area contributed by atoms with E-state index in [4.69, 9.17) is 86.2 Å².